The van der Waals surface area contributed by atoms with Gasteiger partial charge >= 0.3 is 0 Å². The van der Waals surface area contributed by atoms with E-state index in [0.717, 1.165) is 39.3 Å². The zero-order chi connectivity index (χ0) is 26.9. The maximum absolute atomic E-state index is 14.7. The number of piperidine rings is 1. The van der Waals surface area contributed by atoms with Crippen molar-refractivity contribution in [3.63, 3.8) is 0 Å². The quantitative estimate of drug-likeness (QED) is 0.181. The molecule has 6 N–H and O–H groups in total. The fourth-order valence-electron chi connectivity index (χ4n) is 6.73. The van der Waals surface area contributed by atoms with E-state index < -0.39 is 18.2 Å². The minimum Gasteiger partial charge on any atom is -0.350 e. The number of nitrogens with zero attached hydrogens (tertiary/aromatic N) is 5. The van der Waals surface area contributed by atoms with E-state index in [1.165, 1.54) is 6.21 Å². The van der Waals surface area contributed by atoms with Gasteiger partial charge in [-0.05, 0) is 20.4 Å². The Balaban J connectivity index is 1.53. The fourth-order valence-corrected chi connectivity index (χ4v) is 7.17. The first-order valence-corrected chi connectivity index (χ1v) is 14.1. The smallest absolute Gasteiger partial charge is 0.242 e. The molecule has 0 saturated carbocycles. The van der Waals surface area contributed by atoms with Crippen LogP contribution in [0.5, 0.6) is 0 Å². The van der Waals surface area contributed by atoms with Crippen molar-refractivity contribution >= 4 is 23.7 Å². The average molecular weight is 543 g/mol. The number of nitrogens with two attached hydrogens (primary N) is 2. The molecule has 12 heteroatoms. The van der Waals surface area contributed by atoms with Crippen molar-refractivity contribution in [1.82, 2.24) is 30.2 Å². The normalized spacial score (nSPS) is 33.4. The number of halogens is 2. The van der Waals surface area contributed by atoms with Crippen LogP contribution in [0.3, 0.4) is 0 Å². The van der Waals surface area contributed by atoms with Gasteiger partial charge in [0.15, 0.2) is 0 Å². The Hall–Kier alpha value is -1.34. The van der Waals surface area contributed by atoms with Gasteiger partial charge in [-0.25, -0.2) is 4.58 Å². The molecular weight excluding hydrogens is 497 g/mol. The van der Waals surface area contributed by atoms with Gasteiger partial charge in [0.25, 0.3) is 0 Å². The Morgan fingerprint density at radius 3 is 2.59 bits per heavy atom. The third-order valence-corrected chi connectivity index (χ3v) is 8.97. The number of hydrogen-bond donors (Lipinski definition) is 4. The molecule has 0 aromatic rings. The molecule has 10 nitrogen and oxygen atoms in total. The first kappa shape index (κ1) is 28.7. The molecule has 210 valence electrons. The molecule has 4 heterocycles. The summed E-state index contributed by atoms with van der Waals surface area (Å²) in [5.74, 6) is -1.28. The number of nitrogens with one attached hydrogen (secondary N) is 2. The molecular formula is C25H46ClFN9O+. The Kier molecular flexibility index (Phi) is 9.48. The number of piperazine rings is 2. The van der Waals surface area contributed by atoms with Crippen LogP contribution < -0.4 is 22.1 Å². The van der Waals surface area contributed by atoms with Crippen LogP contribution >= 0.6 is 11.6 Å². The lowest BCUT2D eigenvalue weighted by molar-refractivity contribution is -0.569. The predicted octanol–water partition coefficient (Wildman–Crippen LogP) is -1.19. The molecule has 0 spiro atoms. The molecule has 0 aromatic carbocycles. The first-order chi connectivity index (χ1) is 17.7. The van der Waals surface area contributed by atoms with Crippen LogP contribution in [0, 0.1) is 5.92 Å². The van der Waals surface area contributed by atoms with Crippen LogP contribution in [0.2, 0.25) is 0 Å². The van der Waals surface area contributed by atoms with Gasteiger partial charge in [0.2, 0.25) is 24.1 Å². The summed E-state index contributed by atoms with van der Waals surface area (Å²) < 4.78 is 16.4. The Labute approximate surface area is 225 Å². The molecule has 1 amide bonds. The molecule has 4 aliphatic heterocycles. The summed E-state index contributed by atoms with van der Waals surface area (Å²) in [5, 5.41) is 6.52. The summed E-state index contributed by atoms with van der Waals surface area (Å²) >= 11 is 6.91. The molecule has 6 atom stereocenters. The number of amides is 1. The van der Waals surface area contributed by atoms with E-state index in [1.807, 2.05) is 18.7 Å². The molecule has 0 aromatic heterocycles. The van der Waals surface area contributed by atoms with Gasteiger partial charge in [-0.2, -0.15) is 4.39 Å². The summed E-state index contributed by atoms with van der Waals surface area (Å²) in [7, 11) is 3.94. The summed E-state index contributed by atoms with van der Waals surface area (Å²) in [5.41, 5.74) is 13.1. The van der Waals surface area contributed by atoms with E-state index in [4.69, 9.17) is 23.1 Å². The zero-order valence-electron chi connectivity index (χ0n) is 22.7. The lowest BCUT2D eigenvalue weighted by Gasteiger charge is -2.51. The van der Waals surface area contributed by atoms with Crippen molar-refractivity contribution < 1.29 is 13.8 Å². The lowest BCUT2D eigenvalue weighted by atomic mass is 9.93. The van der Waals surface area contributed by atoms with E-state index in [-0.39, 0.29) is 29.2 Å². The van der Waals surface area contributed by atoms with Gasteiger partial charge in [-0.1, -0.05) is 6.92 Å². The molecule has 37 heavy (non-hydrogen) atoms. The van der Waals surface area contributed by atoms with Crippen molar-refractivity contribution in [3.05, 3.63) is 11.5 Å². The SMILES string of the molecule is CCC1=C(F)C=[N+](C)C(C(C(=O)NC2CNCC(Cl)C2N2CCN3CCN(C)CC3C2)C(N)N)N1CC. The number of hydrogen-bond acceptors (Lipinski definition) is 8. The minimum atomic E-state index is -0.919. The van der Waals surface area contributed by atoms with Crippen molar-refractivity contribution in [2.75, 3.05) is 73.0 Å². The summed E-state index contributed by atoms with van der Waals surface area (Å²) in [6, 6.07) is 0.271. The van der Waals surface area contributed by atoms with Gasteiger partial charge in [-0.3, -0.25) is 14.6 Å². The average Bonchev–Trinajstić information content (AvgIpc) is 2.84. The van der Waals surface area contributed by atoms with Gasteiger partial charge in [0.05, 0.1) is 23.3 Å². The zero-order valence-corrected chi connectivity index (χ0v) is 23.5. The van der Waals surface area contributed by atoms with E-state index >= 15 is 0 Å². The second-order valence-electron chi connectivity index (χ2n) is 11.0. The largest absolute Gasteiger partial charge is 0.350 e. The van der Waals surface area contributed by atoms with Crippen molar-refractivity contribution in [3.8, 4) is 0 Å². The highest BCUT2D eigenvalue weighted by Gasteiger charge is 2.47. The molecule has 3 saturated heterocycles. The van der Waals surface area contributed by atoms with Crippen LogP contribution in [-0.2, 0) is 4.79 Å². The van der Waals surface area contributed by atoms with Crippen LogP contribution in [0.1, 0.15) is 20.3 Å². The highest BCUT2D eigenvalue weighted by Crippen LogP contribution is 2.28. The van der Waals surface area contributed by atoms with E-state index in [1.54, 1.807) is 11.6 Å². The van der Waals surface area contributed by atoms with Crippen LogP contribution in [-0.4, -0.2) is 145 Å². The van der Waals surface area contributed by atoms with Gasteiger partial charge in [0, 0.05) is 71.0 Å². The van der Waals surface area contributed by atoms with Gasteiger partial charge in [-0.15, -0.1) is 11.6 Å². The number of alkyl halides is 1. The summed E-state index contributed by atoms with van der Waals surface area (Å²) in [4.78, 5) is 23.2. The number of carbonyl (C=O) groups is 1. The fraction of sp³-hybridized carbons (Fsp3) is 0.840. The molecule has 0 bridgehead atoms. The third-order valence-electron chi connectivity index (χ3n) is 8.55. The molecule has 4 aliphatic rings. The summed E-state index contributed by atoms with van der Waals surface area (Å²) in [6.45, 7) is 11.8. The first-order valence-electron chi connectivity index (χ1n) is 13.7. The molecule has 4 rings (SSSR count). The van der Waals surface area contributed by atoms with Gasteiger partial charge in [0.1, 0.15) is 13.0 Å². The minimum absolute atomic E-state index is 0.00244. The number of carbonyl (C=O) groups excluding carboxylic acids is 1. The number of likely N-dealkylation sites (N-methyl/N-ethyl adjacent to an activating group) is 1. The lowest BCUT2D eigenvalue weighted by Crippen LogP contribution is -2.71. The van der Waals surface area contributed by atoms with E-state index in [2.05, 4.69) is 32.4 Å². The third kappa shape index (κ3) is 5.98. The van der Waals surface area contributed by atoms with E-state index in [0.29, 0.717) is 37.8 Å². The van der Waals surface area contributed by atoms with Crippen molar-refractivity contribution in [2.24, 2.45) is 17.4 Å². The maximum atomic E-state index is 14.7. The highest BCUT2D eigenvalue weighted by atomic mass is 35.5. The molecule has 6 unspecified atom stereocenters. The topological polar surface area (TPSA) is 109 Å². The Morgan fingerprint density at radius 1 is 1.22 bits per heavy atom. The molecule has 0 radical (unpaired) electrons. The highest BCUT2D eigenvalue weighted by molar-refractivity contribution is 6.21. The van der Waals surface area contributed by atoms with E-state index in [9.17, 15) is 9.18 Å². The second kappa shape index (κ2) is 12.2. The number of allylic oxidation sites excluding steroid dienone is 2. The maximum Gasteiger partial charge on any atom is 0.242 e. The number of rotatable bonds is 7. The van der Waals surface area contributed by atoms with Crippen molar-refractivity contribution in [1.29, 1.82) is 0 Å². The standard InChI is InChI=1S/C25H45ClFN9O/c1-5-20-18(27)15-33(4)25(36(20)6-2)21(23(28)29)24(37)31-19-12-30-11-17(26)22(19)35-10-9-34-8-7-32(3)13-16(34)14-35/h15-17,19,21-23,25,30H,5-14,28-29H2,1-4H3/p+1. The predicted molar refractivity (Wildman–Crippen MR) is 145 cm³/mol. The summed E-state index contributed by atoms with van der Waals surface area (Å²) in [6.07, 6.45) is 0.554. The van der Waals surface area contributed by atoms with Crippen LogP contribution in [0.25, 0.3) is 0 Å². The molecule has 3 fully saturated rings. The van der Waals surface area contributed by atoms with Crippen LogP contribution in [0.4, 0.5) is 4.39 Å². The monoisotopic (exact) mass is 542 g/mol. The van der Waals surface area contributed by atoms with Gasteiger partial charge < -0.3 is 31.9 Å². The molecule has 0 aliphatic carbocycles. The number of fused-ring (bicyclic) bond motifs is 1. The van der Waals surface area contributed by atoms with Crippen LogP contribution in [0.15, 0.2) is 11.5 Å². The Bertz CT molecular complexity index is 886. The van der Waals surface area contributed by atoms with Crippen molar-refractivity contribution in [2.45, 2.75) is 56.1 Å². The second-order valence-corrected chi connectivity index (χ2v) is 11.5. The Morgan fingerprint density at radius 2 is 1.92 bits per heavy atom.